The zero-order valence-electron chi connectivity index (χ0n) is 11.1. The molecule has 18 heavy (non-hydrogen) atoms. The van der Waals surface area contributed by atoms with Gasteiger partial charge in [0.25, 0.3) is 5.89 Å². The van der Waals surface area contributed by atoms with Crippen LogP contribution in [0.4, 0.5) is 0 Å². The van der Waals surface area contributed by atoms with Crippen LogP contribution in [0.1, 0.15) is 32.2 Å². The van der Waals surface area contributed by atoms with Gasteiger partial charge in [-0.3, -0.25) is 0 Å². The Morgan fingerprint density at radius 2 is 2.17 bits per heavy atom. The maximum Gasteiger partial charge on any atom is 0.274 e. The molecule has 0 unspecified atom stereocenters. The molecule has 94 valence electrons. The van der Waals surface area contributed by atoms with Gasteiger partial charge in [-0.2, -0.15) is 10.2 Å². The van der Waals surface area contributed by atoms with E-state index in [2.05, 4.69) is 37.0 Å². The van der Waals surface area contributed by atoms with Crippen LogP contribution in [0.2, 0.25) is 0 Å². The number of nitriles is 1. The average Bonchev–Trinajstić information content (AvgIpc) is 2.82. The smallest absolute Gasteiger partial charge is 0.274 e. The highest BCUT2D eigenvalue weighted by molar-refractivity contribution is 5.52. The lowest BCUT2D eigenvalue weighted by Gasteiger charge is -2.14. The highest BCUT2D eigenvalue weighted by Gasteiger charge is 2.18. The van der Waals surface area contributed by atoms with Crippen molar-refractivity contribution in [2.24, 2.45) is 12.5 Å². The van der Waals surface area contributed by atoms with Gasteiger partial charge in [-0.05, 0) is 11.5 Å². The number of hydrogen-bond donors (Lipinski definition) is 0. The molecule has 0 bridgehead atoms. The van der Waals surface area contributed by atoms with Crippen molar-refractivity contribution in [3.8, 4) is 17.7 Å². The SMILES string of the molecule is Cn1cc(C#N)cc1-c1nc(CC(C)(C)C)no1. The lowest BCUT2D eigenvalue weighted by atomic mass is 9.92. The molecule has 0 aliphatic rings. The third-order valence-electron chi connectivity index (χ3n) is 2.51. The minimum atomic E-state index is 0.118. The molecule has 2 aromatic heterocycles. The van der Waals surface area contributed by atoms with Crippen LogP contribution >= 0.6 is 0 Å². The van der Waals surface area contributed by atoms with Crippen molar-refractivity contribution in [2.75, 3.05) is 0 Å². The summed E-state index contributed by atoms with van der Waals surface area (Å²) in [5, 5.41) is 12.8. The Labute approximate surface area is 106 Å². The minimum Gasteiger partial charge on any atom is -0.345 e. The fourth-order valence-electron chi connectivity index (χ4n) is 1.74. The minimum absolute atomic E-state index is 0.118. The monoisotopic (exact) mass is 244 g/mol. The molecule has 0 spiro atoms. The highest BCUT2D eigenvalue weighted by atomic mass is 16.5. The van der Waals surface area contributed by atoms with E-state index in [4.69, 9.17) is 9.78 Å². The summed E-state index contributed by atoms with van der Waals surface area (Å²) >= 11 is 0. The van der Waals surface area contributed by atoms with Crippen LogP contribution in [-0.4, -0.2) is 14.7 Å². The zero-order valence-corrected chi connectivity index (χ0v) is 11.1. The van der Waals surface area contributed by atoms with E-state index < -0.39 is 0 Å². The van der Waals surface area contributed by atoms with Crippen molar-refractivity contribution in [1.82, 2.24) is 14.7 Å². The van der Waals surface area contributed by atoms with Crippen molar-refractivity contribution in [2.45, 2.75) is 27.2 Å². The third-order valence-corrected chi connectivity index (χ3v) is 2.51. The standard InChI is InChI=1S/C13H16N4O/c1-13(2,3)6-11-15-12(18-16-11)10-5-9(7-14)8-17(10)4/h5,8H,6H2,1-4H3. The van der Waals surface area contributed by atoms with Gasteiger partial charge in [0.1, 0.15) is 11.8 Å². The maximum absolute atomic E-state index is 8.85. The van der Waals surface area contributed by atoms with Gasteiger partial charge in [0.15, 0.2) is 5.82 Å². The largest absolute Gasteiger partial charge is 0.345 e. The molecule has 2 aromatic rings. The van der Waals surface area contributed by atoms with Gasteiger partial charge in [-0.15, -0.1) is 0 Å². The first-order valence-corrected chi connectivity index (χ1v) is 5.78. The van der Waals surface area contributed by atoms with E-state index in [1.54, 1.807) is 12.3 Å². The van der Waals surface area contributed by atoms with Gasteiger partial charge in [-0.25, -0.2) is 0 Å². The van der Waals surface area contributed by atoms with E-state index in [0.29, 0.717) is 17.3 Å². The van der Waals surface area contributed by atoms with Crippen molar-refractivity contribution < 1.29 is 4.52 Å². The normalized spacial score (nSPS) is 11.5. The van der Waals surface area contributed by atoms with Crippen molar-refractivity contribution in [1.29, 1.82) is 5.26 Å². The van der Waals surface area contributed by atoms with Crippen LogP contribution in [0.3, 0.4) is 0 Å². The molecule has 0 fully saturated rings. The fourth-order valence-corrected chi connectivity index (χ4v) is 1.74. The second-order valence-corrected chi connectivity index (χ2v) is 5.59. The third kappa shape index (κ3) is 2.59. The molecule has 2 rings (SSSR count). The first-order chi connectivity index (χ1) is 8.39. The number of hydrogen-bond acceptors (Lipinski definition) is 4. The fraction of sp³-hybridized carbons (Fsp3) is 0.462. The molecular formula is C13H16N4O. The molecular weight excluding hydrogens is 228 g/mol. The molecule has 5 heteroatoms. The Morgan fingerprint density at radius 3 is 2.72 bits per heavy atom. The van der Waals surface area contributed by atoms with Crippen LogP contribution in [0.25, 0.3) is 11.6 Å². The summed E-state index contributed by atoms with van der Waals surface area (Å²) in [6.07, 6.45) is 2.50. The van der Waals surface area contributed by atoms with Crippen molar-refractivity contribution in [3.05, 3.63) is 23.7 Å². The average molecular weight is 244 g/mol. The summed E-state index contributed by atoms with van der Waals surface area (Å²) in [7, 11) is 1.85. The number of rotatable bonds is 2. The van der Waals surface area contributed by atoms with Gasteiger partial charge in [0.2, 0.25) is 0 Å². The van der Waals surface area contributed by atoms with Gasteiger partial charge >= 0.3 is 0 Å². The molecule has 0 aromatic carbocycles. The number of aromatic nitrogens is 3. The van der Waals surface area contributed by atoms with E-state index >= 15 is 0 Å². The Kier molecular flexibility index (Phi) is 2.95. The molecule has 0 radical (unpaired) electrons. The van der Waals surface area contributed by atoms with Crippen LogP contribution in [0.15, 0.2) is 16.8 Å². The van der Waals surface area contributed by atoms with Crippen LogP contribution in [-0.2, 0) is 13.5 Å². The zero-order chi connectivity index (χ0) is 13.3. The molecule has 5 nitrogen and oxygen atoms in total. The highest BCUT2D eigenvalue weighted by Crippen LogP contribution is 2.23. The molecule has 0 N–H and O–H groups in total. The first-order valence-electron chi connectivity index (χ1n) is 5.78. The first kappa shape index (κ1) is 12.4. The van der Waals surface area contributed by atoms with Crippen molar-refractivity contribution in [3.63, 3.8) is 0 Å². The predicted molar refractivity (Wildman–Crippen MR) is 66.6 cm³/mol. The topological polar surface area (TPSA) is 67.6 Å². The Balaban J connectivity index is 2.30. The number of nitrogens with zero attached hydrogens (tertiary/aromatic N) is 4. The predicted octanol–water partition coefficient (Wildman–Crippen LogP) is 2.54. The summed E-state index contributed by atoms with van der Waals surface area (Å²) < 4.78 is 7.06. The quantitative estimate of drug-likeness (QED) is 0.814. The second kappa shape index (κ2) is 4.30. The summed E-state index contributed by atoms with van der Waals surface area (Å²) in [4.78, 5) is 4.37. The lowest BCUT2D eigenvalue weighted by Crippen LogP contribution is -2.10. The lowest BCUT2D eigenvalue weighted by molar-refractivity contribution is 0.374. The summed E-state index contributed by atoms with van der Waals surface area (Å²) in [6.45, 7) is 6.37. The van der Waals surface area contributed by atoms with E-state index in [1.807, 2.05) is 11.6 Å². The van der Waals surface area contributed by atoms with E-state index in [-0.39, 0.29) is 5.41 Å². The molecule has 2 heterocycles. The van der Waals surface area contributed by atoms with Crippen LogP contribution < -0.4 is 0 Å². The summed E-state index contributed by atoms with van der Waals surface area (Å²) in [5.41, 5.74) is 1.47. The molecule has 0 aliphatic carbocycles. The molecule has 0 atom stereocenters. The van der Waals surface area contributed by atoms with Crippen LogP contribution in [0.5, 0.6) is 0 Å². The van der Waals surface area contributed by atoms with E-state index in [9.17, 15) is 0 Å². The van der Waals surface area contributed by atoms with Gasteiger partial charge in [-0.1, -0.05) is 25.9 Å². The molecule has 0 aliphatic heterocycles. The van der Waals surface area contributed by atoms with E-state index in [1.165, 1.54) is 0 Å². The Morgan fingerprint density at radius 1 is 1.44 bits per heavy atom. The molecule has 0 amide bonds. The maximum atomic E-state index is 8.85. The van der Waals surface area contributed by atoms with Crippen molar-refractivity contribution >= 4 is 0 Å². The van der Waals surface area contributed by atoms with Gasteiger partial charge < -0.3 is 9.09 Å². The number of aryl methyl sites for hydroxylation is 1. The van der Waals surface area contributed by atoms with Gasteiger partial charge in [0, 0.05) is 19.7 Å². The Bertz CT molecular complexity index is 595. The Hall–Kier alpha value is -2.09. The summed E-state index contributed by atoms with van der Waals surface area (Å²) in [6, 6.07) is 3.84. The summed E-state index contributed by atoms with van der Waals surface area (Å²) in [5.74, 6) is 1.15. The van der Waals surface area contributed by atoms with Gasteiger partial charge in [0.05, 0.1) is 5.56 Å². The van der Waals surface area contributed by atoms with Crippen LogP contribution in [0, 0.1) is 16.7 Å². The molecule has 0 saturated carbocycles. The molecule has 0 saturated heterocycles. The second-order valence-electron chi connectivity index (χ2n) is 5.59. The van der Waals surface area contributed by atoms with E-state index in [0.717, 1.165) is 12.1 Å².